The number of nitrogens with zero attached hydrogens (tertiary/aromatic N) is 3. The molecule has 0 amide bonds. The number of ether oxygens (including phenoxy) is 1. The fraction of sp³-hybridized carbons (Fsp3) is 0.160. The van der Waals surface area contributed by atoms with E-state index in [0.29, 0.717) is 5.75 Å². The zero-order chi connectivity index (χ0) is 25.1. The predicted molar refractivity (Wildman–Crippen MR) is 134 cm³/mol. The second-order valence-electron chi connectivity index (χ2n) is 7.74. The van der Waals surface area contributed by atoms with Crippen molar-refractivity contribution in [2.75, 3.05) is 7.11 Å². The van der Waals surface area contributed by atoms with Gasteiger partial charge >= 0.3 is 5.69 Å². The van der Waals surface area contributed by atoms with Crippen LogP contribution < -0.4 is 21.7 Å². The molecule has 0 spiro atoms. The van der Waals surface area contributed by atoms with Crippen LogP contribution in [0, 0.1) is 5.82 Å². The Kier molecular flexibility index (Phi) is 7.35. The van der Waals surface area contributed by atoms with Crippen LogP contribution in [0.25, 0.3) is 11.3 Å². The van der Waals surface area contributed by atoms with Gasteiger partial charge in [0.05, 0.1) is 25.2 Å². The Hall–Kier alpha value is -3.46. The van der Waals surface area contributed by atoms with Crippen LogP contribution in [0.5, 0.6) is 5.75 Å². The van der Waals surface area contributed by atoms with Crippen LogP contribution in [0.3, 0.4) is 0 Å². The summed E-state index contributed by atoms with van der Waals surface area (Å²) in [6, 6.07) is 17.4. The van der Waals surface area contributed by atoms with Crippen LogP contribution in [0.1, 0.15) is 17.2 Å². The van der Waals surface area contributed by atoms with Gasteiger partial charge < -0.3 is 10.5 Å². The highest BCUT2D eigenvalue weighted by molar-refractivity contribution is 6.34. The van der Waals surface area contributed by atoms with Crippen molar-refractivity contribution < 1.29 is 9.13 Å². The van der Waals surface area contributed by atoms with Crippen molar-refractivity contribution >= 4 is 23.2 Å². The highest BCUT2D eigenvalue weighted by atomic mass is 35.5. The van der Waals surface area contributed by atoms with Gasteiger partial charge in [-0.05, 0) is 23.8 Å². The average molecular weight is 515 g/mol. The van der Waals surface area contributed by atoms with Gasteiger partial charge in [-0.3, -0.25) is 9.36 Å². The Labute approximate surface area is 210 Å². The molecule has 4 aromatic rings. The molecule has 2 N–H and O–H groups in total. The fourth-order valence-electron chi connectivity index (χ4n) is 3.68. The van der Waals surface area contributed by atoms with Gasteiger partial charge in [-0.15, -0.1) is 0 Å². The van der Waals surface area contributed by atoms with E-state index in [4.69, 9.17) is 33.7 Å². The smallest absolute Gasteiger partial charge is 0.347 e. The molecule has 0 aliphatic heterocycles. The topological polar surface area (TPSA) is 92.1 Å². The normalized spacial score (nSPS) is 11.9. The maximum atomic E-state index is 14.5. The fourth-order valence-corrected chi connectivity index (χ4v) is 4.20. The summed E-state index contributed by atoms with van der Waals surface area (Å²) in [6.45, 7) is -0.441. The van der Waals surface area contributed by atoms with Crippen LogP contribution in [-0.2, 0) is 13.1 Å². The number of hydrogen-bond donors (Lipinski definition) is 1. The summed E-state index contributed by atoms with van der Waals surface area (Å²) in [7, 11) is 1.44. The highest BCUT2D eigenvalue weighted by Crippen LogP contribution is 2.32. The van der Waals surface area contributed by atoms with E-state index < -0.39 is 23.1 Å². The quantitative estimate of drug-likeness (QED) is 0.397. The number of methoxy groups -OCH3 is 1. The molecule has 0 saturated heterocycles. The van der Waals surface area contributed by atoms with Crippen molar-refractivity contribution in [3.63, 3.8) is 0 Å². The molecule has 0 radical (unpaired) electrons. The maximum Gasteiger partial charge on any atom is 0.347 e. The third-order valence-corrected chi connectivity index (χ3v) is 6.28. The van der Waals surface area contributed by atoms with Gasteiger partial charge in [0, 0.05) is 22.2 Å². The molecule has 0 bridgehead atoms. The van der Waals surface area contributed by atoms with E-state index in [1.807, 2.05) is 18.2 Å². The molecule has 1 aromatic heterocycles. The molecule has 0 fully saturated rings. The SMILES string of the molecule is COc1cccc(-c2nn(Cc3c(F)cccc3Cl)c(=O)n(CC(N)c3ccccc3)c2=O)c1Cl. The minimum atomic E-state index is -0.761. The molecule has 1 heterocycles. The molecular weight excluding hydrogens is 494 g/mol. The summed E-state index contributed by atoms with van der Waals surface area (Å²) < 4.78 is 21.7. The van der Waals surface area contributed by atoms with Gasteiger partial charge in [-0.1, -0.05) is 71.7 Å². The monoisotopic (exact) mass is 514 g/mol. The largest absolute Gasteiger partial charge is 0.495 e. The summed E-state index contributed by atoms with van der Waals surface area (Å²) >= 11 is 12.6. The Morgan fingerprint density at radius 3 is 2.43 bits per heavy atom. The lowest BCUT2D eigenvalue weighted by molar-refractivity contribution is 0.415. The molecule has 0 aliphatic carbocycles. The number of halogens is 3. The molecular formula is C25H21Cl2FN4O3. The minimum absolute atomic E-state index is 0.0593. The second-order valence-corrected chi connectivity index (χ2v) is 8.53. The Bertz CT molecular complexity index is 1470. The third kappa shape index (κ3) is 5.00. The first-order valence-corrected chi connectivity index (χ1v) is 11.4. The van der Waals surface area contributed by atoms with E-state index in [9.17, 15) is 14.0 Å². The Balaban J connectivity index is 1.91. The van der Waals surface area contributed by atoms with Crippen molar-refractivity contribution in [3.8, 4) is 17.0 Å². The van der Waals surface area contributed by atoms with Gasteiger partial charge in [0.2, 0.25) is 0 Å². The second kappa shape index (κ2) is 10.4. The number of aromatic nitrogens is 3. The molecule has 35 heavy (non-hydrogen) atoms. The first-order valence-electron chi connectivity index (χ1n) is 10.6. The number of rotatable bonds is 7. The van der Waals surface area contributed by atoms with Gasteiger partial charge in [0.15, 0.2) is 5.69 Å². The lowest BCUT2D eigenvalue weighted by Crippen LogP contribution is -2.44. The van der Waals surface area contributed by atoms with Crippen LogP contribution >= 0.6 is 23.2 Å². The van der Waals surface area contributed by atoms with E-state index in [0.717, 1.165) is 14.8 Å². The zero-order valence-electron chi connectivity index (χ0n) is 18.6. The molecule has 3 aromatic carbocycles. The average Bonchev–Trinajstić information content (AvgIpc) is 2.86. The molecule has 180 valence electrons. The Morgan fingerprint density at radius 1 is 1.03 bits per heavy atom. The van der Waals surface area contributed by atoms with Crippen molar-refractivity contribution in [2.24, 2.45) is 5.73 Å². The van der Waals surface area contributed by atoms with Crippen LogP contribution in [0.4, 0.5) is 4.39 Å². The molecule has 1 unspecified atom stereocenters. The molecule has 10 heteroatoms. The summed E-state index contributed by atoms with van der Waals surface area (Å²) in [4.78, 5) is 26.8. The summed E-state index contributed by atoms with van der Waals surface area (Å²) in [5.74, 6) is -0.279. The minimum Gasteiger partial charge on any atom is -0.495 e. The first-order chi connectivity index (χ1) is 16.8. The van der Waals surface area contributed by atoms with E-state index in [2.05, 4.69) is 5.10 Å². The number of benzene rings is 3. The van der Waals surface area contributed by atoms with Crippen molar-refractivity contribution in [2.45, 2.75) is 19.1 Å². The van der Waals surface area contributed by atoms with Gasteiger partial charge in [-0.25, -0.2) is 13.9 Å². The van der Waals surface area contributed by atoms with Gasteiger partial charge in [0.1, 0.15) is 11.6 Å². The number of nitrogens with two attached hydrogens (primary N) is 1. The van der Waals surface area contributed by atoms with Crippen molar-refractivity contribution in [1.29, 1.82) is 0 Å². The van der Waals surface area contributed by atoms with E-state index in [1.54, 1.807) is 30.3 Å². The van der Waals surface area contributed by atoms with Crippen molar-refractivity contribution in [1.82, 2.24) is 14.3 Å². The maximum absolute atomic E-state index is 14.5. The first kappa shape index (κ1) is 24.7. The summed E-state index contributed by atoms with van der Waals surface area (Å²) in [5.41, 5.74) is 5.82. The standard InChI is InChI=1S/C25H21Cl2FN4O3/c1-35-21-12-5-9-16(22(21)27)23-24(33)31(14-20(29)15-7-3-2-4-8-15)25(34)32(30-23)13-17-18(26)10-6-11-19(17)28/h2-12,20H,13-14,29H2,1H3. The molecule has 1 atom stereocenters. The van der Waals surface area contributed by atoms with E-state index in [-0.39, 0.29) is 40.0 Å². The zero-order valence-corrected chi connectivity index (χ0v) is 20.1. The summed E-state index contributed by atoms with van der Waals surface area (Å²) in [6.07, 6.45) is 0. The molecule has 0 aliphatic rings. The molecule has 7 nitrogen and oxygen atoms in total. The lowest BCUT2D eigenvalue weighted by atomic mass is 10.1. The lowest BCUT2D eigenvalue weighted by Gasteiger charge is -2.17. The Morgan fingerprint density at radius 2 is 1.74 bits per heavy atom. The van der Waals surface area contributed by atoms with Crippen LogP contribution in [-0.4, -0.2) is 21.5 Å². The highest BCUT2D eigenvalue weighted by Gasteiger charge is 2.21. The van der Waals surface area contributed by atoms with Crippen molar-refractivity contribution in [3.05, 3.63) is 115 Å². The third-order valence-electron chi connectivity index (χ3n) is 5.54. The van der Waals surface area contributed by atoms with Crippen LogP contribution in [0.15, 0.2) is 76.3 Å². The van der Waals surface area contributed by atoms with E-state index >= 15 is 0 Å². The molecule has 0 saturated carbocycles. The van der Waals surface area contributed by atoms with Crippen LogP contribution in [0.2, 0.25) is 10.0 Å². The van der Waals surface area contributed by atoms with E-state index in [1.165, 1.54) is 25.3 Å². The molecule has 4 rings (SSSR count). The van der Waals surface area contributed by atoms with Gasteiger partial charge in [-0.2, -0.15) is 5.10 Å². The number of hydrogen-bond acceptors (Lipinski definition) is 5. The predicted octanol–water partition coefficient (Wildman–Crippen LogP) is 4.27. The summed E-state index contributed by atoms with van der Waals surface area (Å²) in [5, 5.41) is 4.53. The van der Waals surface area contributed by atoms with Gasteiger partial charge in [0.25, 0.3) is 5.56 Å².